The number of oxazole rings is 1. The molecule has 0 amide bonds. The van der Waals surface area contributed by atoms with Crippen LogP contribution < -0.4 is 4.74 Å². The number of nitrogens with zero attached hydrogens (tertiary/aromatic N) is 2. The SMILES string of the molecule is COc1ccc(F)c(-c2nc(CN3CCOCC3)c(C)o2)c1. The predicted molar refractivity (Wildman–Crippen MR) is 79.3 cm³/mol. The molecule has 0 atom stereocenters. The molecule has 0 unspecified atom stereocenters. The first-order chi connectivity index (χ1) is 10.7. The van der Waals surface area contributed by atoms with Gasteiger partial charge in [-0.15, -0.1) is 0 Å². The number of morpholine rings is 1. The molecular formula is C16H19FN2O3. The molecule has 1 aromatic heterocycles. The van der Waals surface area contributed by atoms with Crippen molar-refractivity contribution in [1.29, 1.82) is 0 Å². The first-order valence-electron chi connectivity index (χ1n) is 7.27. The molecule has 0 saturated carbocycles. The van der Waals surface area contributed by atoms with Gasteiger partial charge in [0.05, 0.1) is 31.6 Å². The Bertz CT molecular complexity index is 651. The van der Waals surface area contributed by atoms with E-state index in [-0.39, 0.29) is 11.7 Å². The molecule has 0 spiro atoms. The standard InChI is InChI=1S/C16H19FN2O3/c1-11-15(10-19-5-7-21-8-6-19)18-16(22-11)13-9-12(20-2)3-4-14(13)17/h3-4,9H,5-8,10H2,1-2H3. The average molecular weight is 306 g/mol. The second-order valence-corrected chi connectivity index (χ2v) is 5.26. The summed E-state index contributed by atoms with van der Waals surface area (Å²) in [6, 6.07) is 4.53. The van der Waals surface area contributed by atoms with Crippen molar-refractivity contribution in [2.45, 2.75) is 13.5 Å². The van der Waals surface area contributed by atoms with E-state index in [0.717, 1.165) is 32.0 Å². The molecular weight excluding hydrogens is 287 g/mol. The molecule has 0 N–H and O–H groups in total. The summed E-state index contributed by atoms with van der Waals surface area (Å²) in [5, 5.41) is 0. The number of aromatic nitrogens is 1. The Kier molecular flexibility index (Phi) is 4.40. The number of rotatable bonds is 4. The van der Waals surface area contributed by atoms with Crippen LogP contribution in [0.3, 0.4) is 0 Å². The summed E-state index contributed by atoms with van der Waals surface area (Å²) >= 11 is 0. The molecule has 2 aromatic rings. The van der Waals surface area contributed by atoms with Crippen LogP contribution in [0.15, 0.2) is 22.6 Å². The van der Waals surface area contributed by atoms with Crippen LogP contribution in [0, 0.1) is 12.7 Å². The first-order valence-corrected chi connectivity index (χ1v) is 7.27. The minimum Gasteiger partial charge on any atom is -0.497 e. The molecule has 118 valence electrons. The Labute approximate surface area is 128 Å². The van der Waals surface area contributed by atoms with Gasteiger partial charge >= 0.3 is 0 Å². The second-order valence-electron chi connectivity index (χ2n) is 5.26. The molecule has 1 saturated heterocycles. The third kappa shape index (κ3) is 3.13. The van der Waals surface area contributed by atoms with Gasteiger partial charge in [0.15, 0.2) is 0 Å². The Morgan fingerprint density at radius 2 is 2.09 bits per heavy atom. The zero-order valence-corrected chi connectivity index (χ0v) is 12.8. The predicted octanol–water partition coefficient (Wildman–Crippen LogP) is 2.63. The average Bonchev–Trinajstić information content (AvgIpc) is 2.89. The molecule has 1 aromatic carbocycles. The highest BCUT2D eigenvalue weighted by molar-refractivity contribution is 5.57. The quantitative estimate of drug-likeness (QED) is 0.869. The number of benzene rings is 1. The number of ether oxygens (including phenoxy) is 2. The lowest BCUT2D eigenvalue weighted by Crippen LogP contribution is -2.35. The van der Waals surface area contributed by atoms with Crippen molar-refractivity contribution in [2.24, 2.45) is 0 Å². The van der Waals surface area contributed by atoms with Crippen molar-refractivity contribution < 1.29 is 18.3 Å². The van der Waals surface area contributed by atoms with Gasteiger partial charge in [-0.3, -0.25) is 4.90 Å². The summed E-state index contributed by atoms with van der Waals surface area (Å²) < 4.78 is 30.1. The van der Waals surface area contributed by atoms with Crippen molar-refractivity contribution in [2.75, 3.05) is 33.4 Å². The summed E-state index contributed by atoms with van der Waals surface area (Å²) in [5.41, 5.74) is 1.15. The molecule has 0 aliphatic carbocycles. The zero-order valence-electron chi connectivity index (χ0n) is 12.8. The van der Waals surface area contributed by atoms with E-state index in [1.165, 1.54) is 6.07 Å². The van der Waals surface area contributed by atoms with Crippen molar-refractivity contribution in [3.05, 3.63) is 35.5 Å². The third-order valence-electron chi connectivity index (χ3n) is 3.77. The van der Waals surface area contributed by atoms with Gasteiger partial charge in [0.2, 0.25) is 5.89 Å². The number of aryl methyl sites for hydroxylation is 1. The molecule has 5 nitrogen and oxygen atoms in total. The Balaban J connectivity index is 1.85. The molecule has 1 aliphatic rings. The Hall–Kier alpha value is -1.92. The van der Waals surface area contributed by atoms with Gasteiger partial charge in [0, 0.05) is 19.6 Å². The minimum absolute atomic E-state index is 0.289. The summed E-state index contributed by atoms with van der Waals surface area (Å²) in [6.45, 7) is 5.74. The molecule has 22 heavy (non-hydrogen) atoms. The Morgan fingerprint density at radius 1 is 1.32 bits per heavy atom. The first kappa shape index (κ1) is 15.0. The lowest BCUT2D eigenvalue weighted by molar-refractivity contribution is 0.0335. The summed E-state index contributed by atoms with van der Waals surface area (Å²) in [7, 11) is 1.54. The molecule has 0 radical (unpaired) electrons. The van der Waals surface area contributed by atoms with Crippen LogP contribution >= 0.6 is 0 Å². The highest BCUT2D eigenvalue weighted by Crippen LogP contribution is 2.28. The lowest BCUT2D eigenvalue weighted by atomic mass is 10.2. The zero-order chi connectivity index (χ0) is 15.5. The Morgan fingerprint density at radius 3 is 2.82 bits per heavy atom. The molecule has 6 heteroatoms. The number of hydrogen-bond donors (Lipinski definition) is 0. The van der Waals surface area contributed by atoms with Gasteiger partial charge in [-0.25, -0.2) is 9.37 Å². The highest BCUT2D eigenvalue weighted by Gasteiger charge is 2.19. The fraction of sp³-hybridized carbons (Fsp3) is 0.438. The van der Waals surface area contributed by atoms with E-state index in [9.17, 15) is 4.39 Å². The van der Waals surface area contributed by atoms with E-state index in [0.29, 0.717) is 23.6 Å². The van der Waals surface area contributed by atoms with Crippen molar-refractivity contribution in [3.63, 3.8) is 0 Å². The highest BCUT2D eigenvalue weighted by atomic mass is 19.1. The van der Waals surface area contributed by atoms with Crippen LogP contribution in [0.1, 0.15) is 11.5 Å². The van der Waals surface area contributed by atoms with Crippen LogP contribution in [0.25, 0.3) is 11.5 Å². The maximum absolute atomic E-state index is 14.0. The molecule has 1 fully saturated rings. The van der Waals surface area contributed by atoms with Gasteiger partial charge in [-0.2, -0.15) is 0 Å². The molecule has 2 heterocycles. The number of hydrogen-bond acceptors (Lipinski definition) is 5. The normalized spacial score (nSPS) is 16.0. The van der Waals surface area contributed by atoms with Gasteiger partial charge < -0.3 is 13.9 Å². The third-order valence-corrected chi connectivity index (χ3v) is 3.77. The van der Waals surface area contributed by atoms with E-state index in [1.807, 2.05) is 6.92 Å². The van der Waals surface area contributed by atoms with E-state index < -0.39 is 0 Å². The second kappa shape index (κ2) is 6.46. The maximum Gasteiger partial charge on any atom is 0.229 e. The molecule has 1 aliphatic heterocycles. The van der Waals surface area contributed by atoms with Gasteiger partial charge in [0.25, 0.3) is 0 Å². The topological polar surface area (TPSA) is 47.7 Å². The fourth-order valence-corrected chi connectivity index (χ4v) is 2.46. The van der Waals surface area contributed by atoms with Crippen LogP contribution in [0.4, 0.5) is 4.39 Å². The van der Waals surface area contributed by atoms with E-state index in [1.54, 1.807) is 19.2 Å². The lowest BCUT2D eigenvalue weighted by Gasteiger charge is -2.25. The van der Waals surface area contributed by atoms with Gasteiger partial charge in [-0.1, -0.05) is 0 Å². The van der Waals surface area contributed by atoms with Crippen LogP contribution in [0.2, 0.25) is 0 Å². The molecule has 0 bridgehead atoms. The van der Waals surface area contributed by atoms with Crippen molar-refractivity contribution in [1.82, 2.24) is 9.88 Å². The van der Waals surface area contributed by atoms with E-state index >= 15 is 0 Å². The largest absolute Gasteiger partial charge is 0.497 e. The number of methoxy groups -OCH3 is 1. The minimum atomic E-state index is -0.375. The monoisotopic (exact) mass is 306 g/mol. The summed E-state index contributed by atoms with van der Waals surface area (Å²) in [5.74, 6) is 1.20. The number of halogens is 1. The van der Waals surface area contributed by atoms with Crippen molar-refractivity contribution in [3.8, 4) is 17.2 Å². The summed E-state index contributed by atoms with van der Waals surface area (Å²) in [6.07, 6.45) is 0. The maximum atomic E-state index is 14.0. The van der Waals surface area contributed by atoms with Gasteiger partial charge in [0.1, 0.15) is 17.3 Å². The van der Waals surface area contributed by atoms with Gasteiger partial charge in [-0.05, 0) is 25.1 Å². The van der Waals surface area contributed by atoms with Crippen LogP contribution in [-0.2, 0) is 11.3 Å². The van der Waals surface area contributed by atoms with Crippen molar-refractivity contribution >= 4 is 0 Å². The smallest absolute Gasteiger partial charge is 0.229 e. The molecule has 3 rings (SSSR count). The van der Waals surface area contributed by atoms with E-state index in [4.69, 9.17) is 13.9 Å². The fourth-order valence-electron chi connectivity index (χ4n) is 2.46. The van der Waals surface area contributed by atoms with Crippen LogP contribution in [-0.4, -0.2) is 43.3 Å². The summed E-state index contributed by atoms with van der Waals surface area (Å²) in [4.78, 5) is 6.72. The van der Waals surface area contributed by atoms with E-state index in [2.05, 4.69) is 9.88 Å². The van der Waals surface area contributed by atoms with Crippen LogP contribution in [0.5, 0.6) is 5.75 Å².